The van der Waals surface area contributed by atoms with Crippen LogP contribution in [0, 0.1) is 39.0 Å². The molecule has 14 nitrogen and oxygen atoms in total. The largest absolute Gasteiger partial charge is 0.493 e. The van der Waals surface area contributed by atoms with E-state index in [0.717, 1.165) is 85.3 Å². The highest BCUT2D eigenvalue weighted by atomic mass is 32.2. The normalized spacial score (nSPS) is 15.5. The number of aromatic nitrogens is 11. The fraction of sp³-hybridized carbons (Fsp3) is 0.439. The quantitative estimate of drug-likeness (QED) is 0.115. The lowest BCUT2D eigenvalue weighted by atomic mass is 9.81. The summed E-state index contributed by atoms with van der Waals surface area (Å²) >= 11 is 1.76. The smallest absolute Gasteiger partial charge is 0.178 e. The van der Waals surface area contributed by atoms with Gasteiger partial charge < -0.3 is 24.7 Å². The maximum Gasteiger partial charge on any atom is 0.178 e. The Bertz CT molecular complexity index is 6000. The minimum Gasteiger partial charge on any atom is -0.493 e. The summed E-state index contributed by atoms with van der Waals surface area (Å²) in [6.07, 6.45) is 18.0. The summed E-state index contributed by atoms with van der Waals surface area (Å²) in [6.45, 7) is 68.8. The number of ether oxygens (including phenoxy) is 1. The van der Waals surface area contributed by atoms with Gasteiger partial charge in [-0.1, -0.05) is 278 Å². The third-order valence-corrected chi connectivity index (χ3v) is 25.5. The van der Waals surface area contributed by atoms with Gasteiger partial charge in [-0.05, 0) is 230 Å². The number of nitrogens with one attached hydrogen (secondary N) is 4. The van der Waals surface area contributed by atoms with Crippen LogP contribution in [0.25, 0.3) is 59.9 Å². The molecule has 4 aliphatic rings. The van der Waals surface area contributed by atoms with Crippen LogP contribution in [0.15, 0.2) is 200 Å². The van der Waals surface area contributed by atoms with Crippen LogP contribution in [0.3, 0.4) is 0 Å². The van der Waals surface area contributed by atoms with Gasteiger partial charge in [0.15, 0.2) is 15.5 Å². The van der Waals surface area contributed by atoms with Gasteiger partial charge in [0.05, 0.1) is 66.5 Å². The predicted octanol–water partition coefficient (Wildman–Crippen LogP) is 27.7. The monoisotopic (exact) mass is 1690 g/mol. The molecule has 2 unspecified atom stereocenters. The summed E-state index contributed by atoms with van der Waals surface area (Å²) in [5, 5.41) is 7.54. The highest BCUT2D eigenvalue weighted by Gasteiger charge is 2.36. The van der Waals surface area contributed by atoms with Crippen molar-refractivity contribution in [1.29, 1.82) is 0 Å². The van der Waals surface area contributed by atoms with Crippen LogP contribution >= 0.6 is 11.3 Å². The van der Waals surface area contributed by atoms with Crippen molar-refractivity contribution in [2.75, 3.05) is 6.61 Å². The van der Waals surface area contributed by atoms with Gasteiger partial charge in [0.1, 0.15) is 23.7 Å². The molecular formula is C107H141N11O3S2. The topological polar surface area (TPSA) is 188 Å². The zero-order valence-electron chi connectivity index (χ0n) is 79.8. The van der Waals surface area contributed by atoms with Gasteiger partial charge in [-0.3, -0.25) is 0 Å². The van der Waals surface area contributed by atoms with E-state index in [-0.39, 0.29) is 54.5 Å². The molecule has 4 N–H and O–H groups in total. The van der Waals surface area contributed by atoms with Crippen molar-refractivity contribution in [3.63, 3.8) is 0 Å². The van der Waals surface area contributed by atoms with E-state index in [2.05, 4.69) is 386 Å². The molecule has 0 fully saturated rings. The lowest BCUT2D eigenvalue weighted by Gasteiger charge is -2.26. The van der Waals surface area contributed by atoms with Crippen molar-refractivity contribution in [2.45, 2.75) is 289 Å². The Morgan fingerprint density at radius 1 is 0.455 bits per heavy atom. The summed E-state index contributed by atoms with van der Waals surface area (Å²) in [5.74, 6) is 3.23. The van der Waals surface area contributed by atoms with E-state index in [0.29, 0.717) is 5.41 Å². The number of fused-ring (bicyclic) bond motifs is 9. The Morgan fingerprint density at radius 3 is 1.69 bits per heavy atom. The average Bonchev–Trinajstić information content (AvgIpc) is 1.64. The molecule has 0 bridgehead atoms. The highest BCUT2D eigenvalue weighted by Crippen LogP contribution is 2.39. The molecule has 18 rings (SSSR count). The third-order valence-electron chi connectivity index (χ3n) is 22.8. The molecule has 0 amide bonds. The molecule has 9 heterocycles. The van der Waals surface area contributed by atoms with Crippen molar-refractivity contribution in [1.82, 2.24) is 54.5 Å². The van der Waals surface area contributed by atoms with E-state index in [1.165, 1.54) is 90.5 Å². The van der Waals surface area contributed by atoms with Crippen molar-refractivity contribution >= 4 is 81.0 Å². The SMILES string of the molecule is CC(C)(C)C1=CC2C(C=C1)C=CS2(=O)=O.CC(C)(C)c1ccc2c(c1)CCO2.CC(C)(C)c1ccc2nc[nH]c2c1.CC(C)(C)c1cccc2c1CCC2.CC(C)(C)c1cccn2ncnc12.CC(C)(C)c1nc2ccccc2[nH]1.Cc1cc2cc(C(C)(C)C)ccc2[nH]1.Cc1cc2nc(C(C)(C)C)[nH]c2cc1C.Cc1nc2cc(C(C)(C)C)ccc2s1. The van der Waals surface area contributed by atoms with E-state index in [9.17, 15) is 8.42 Å². The molecule has 123 heavy (non-hydrogen) atoms. The average molecular weight is 1690 g/mol. The third kappa shape index (κ3) is 25.2. The maximum absolute atomic E-state index is 11.7. The van der Waals surface area contributed by atoms with E-state index < -0.39 is 9.84 Å². The molecule has 7 aromatic heterocycles. The summed E-state index contributed by atoms with van der Waals surface area (Å²) in [5.41, 5.74) is 29.2. The van der Waals surface area contributed by atoms with Gasteiger partial charge in [0.2, 0.25) is 0 Å². The molecule has 14 aromatic rings. The number of benzene rings is 7. The number of allylic oxidation sites excluding steroid dienone is 4. The number of thiazole rings is 1. The first-order chi connectivity index (χ1) is 57.0. The van der Waals surface area contributed by atoms with Crippen molar-refractivity contribution in [3.05, 3.63) is 283 Å². The first kappa shape index (κ1) is 95.2. The standard InChI is InChI=1S/C13H18N2.C13H17N.C13H18.C12H15NS.C12H16O2S.C12H16O.2C11H14N2.C10H13N3/c1-8-6-10-11(7-9(8)2)15-12(14-10)13(3,4)5;1-9-7-10-8-11(13(2,3)4)5-6-12(10)14-9;1-13(2,3)12-9-5-7-10-6-4-8-11(10)12;1-8-13-10-7-9(12(2,3)4)5-6-11(10)14-8;1-12(2,3)10-5-4-9-6-7-15(13,14)11(9)8-10;1-12(2,3)10-4-5-11-9(8-10)6-7-13-11;1-11(2,3)8-4-5-9-10(6-8)13-7-12-9;1-11(2,3)10-12-8-6-4-5-7-9(8)13-10;1-10(2,3)8-5-4-6-13-9(8)11-7-12-13/h6-7H,1-5H3,(H,14,15);5-8,14H,1-4H3;5,7,9H,4,6,8H2,1-3H3;5-7H,1-4H3;4-9,11H,1-3H3;4-5,8H,6-7H2,1-3H3;2*4-7H,1-3H3,(H,12,13);4-7H,1-3H3. The van der Waals surface area contributed by atoms with Gasteiger partial charge in [0, 0.05) is 51.5 Å². The van der Waals surface area contributed by atoms with Gasteiger partial charge in [0.25, 0.3) is 0 Å². The zero-order chi connectivity index (χ0) is 90.5. The molecule has 0 radical (unpaired) electrons. The van der Waals surface area contributed by atoms with Crippen LogP contribution in [0.5, 0.6) is 5.75 Å². The molecule has 0 saturated heterocycles. The van der Waals surface area contributed by atoms with E-state index in [4.69, 9.17) is 4.74 Å². The van der Waals surface area contributed by atoms with Gasteiger partial charge in [-0.15, -0.1) is 11.3 Å². The van der Waals surface area contributed by atoms with Crippen LogP contribution < -0.4 is 4.74 Å². The van der Waals surface area contributed by atoms with Crippen LogP contribution in [-0.2, 0) is 72.4 Å². The second-order valence-electron chi connectivity index (χ2n) is 42.8. The number of aryl methyl sites for hydroxylation is 5. The van der Waals surface area contributed by atoms with Crippen molar-refractivity contribution in [2.24, 2.45) is 11.3 Å². The summed E-state index contributed by atoms with van der Waals surface area (Å²) in [4.78, 5) is 35.3. The van der Waals surface area contributed by atoms with Crippen molar-refractivity contribution < 1.29 is 13.2 Å². The summed E-state index contributed by atoms with van der Waals surface area (Å²) in [7, 11) is -3.05. The first-order valence-electron chi connectivity index (χ1n) is 43.8. The number of nitrogens with zero attached hydrogens (tertiary/aromatic N) is 7. The minimum atomic E-state index is -3.05. The van der Waals surface area contributed by atoms with Crippen molar-refractivity contribution in [3.8, 4) is 5.75 Å². The molecule has 2 atom stereocenters. The molecule has 0 spiro atoms. The number of imidazole rings is 3. The summed E-state index contributed by atoms with van der Waals surface area (Å²) in [6, 6.07) is 51.7. The highest BCUT2D eigenvalue weighted by molar-refractivity contribution is 7.95. The fourth-order valence-corrected chi connectivity index (χ4v) is 17.3. The fourth-order valence-electron chi connectivity index (χ4n) is 14.9. The molecule has 2 aliphatic heterocycles. The van der Waals surface area contributed by atoms with Gasteiger partial charge >= 0.3 is 0 Å². The second kappa shape index (κ2) is 37.4. The van der Waals surface area contributed by atoms with Crippen LogP contribution in [0.1, 0.15) is 277 Å². The number of H-pyrrole nitrogens is 4. The number of para-hydroxylation sites is 2. The Balaban J connectivity index is 0.000000145. The maximum atomic E-state index is 11.7. The number of hydrogen-bond donors (Lipinski definition) is 4. The van der Waals surface area contributed by atoms with Gasteiger partial charge in [-0.25, -0.2) is 37.9 Å². The lowest BCUT2D eigenvalue weighted by Crippen LogP contribution is -2.24. The van der Waals surface area contributed by atoms with E-state index >= 15 is 0 Å². The first-order valence-corrected chi connectivity index (χ1v) is 46.3. The molecular weight excluding hydrogens is 1550 g/mol. The van der Waals surface area contributed by atoms with Crippen LogP contribution in [-0.4, -0.2) is 74.7 Å². The van der Waals surface area contributed by atoms with E-state index in [1.54, 1.807) is 51.3 Å². The number of pyridine rings is 1. The Kier molecular flexibility index (Phi) is 29.0. The second-order valence-corrected chi connectivity index (χ2v) is 46.0. The van der Waals surface area contributed by atoms with Gasteiger partial charge in [-0.2, -0.15) is 5.10 Å². The molecule has 0 saturated carbocycles. The number of rotatable bonds is 0. The summed E-state index contributed by atoms with van der Waals surface area (Å²) < 4.78 is 32.0. The Labute approximate surface area is 739 Å². The minimum absolute atomic E-state index is 0.0135. The van der Waals surface area contributed by atoms with Crippen LogP contribution in [0.2, 0.25) is 0 Å². The van der Waals surface area contributed by atoms with Crippen LogP contribution in [0.4, 0.5) is 0 Å². The lowest BCUT2D eigenvalue weighted by molar-refractivity contribution is 0.356. The molecule has 654 valence electrons. The predicted molar refractivity (Wildman–Crippen MR) is 524 cm³/mol. The van der Waals surface area contributed by atoms with E-state index in [1.807, 2.05) is 48.7 Å². The zero-order valence-corrected chi connectivity index (χ0v) is 81.5. The number of hydrogen-bond acceptors (Lipinski definition) is 10. The Morgan fingerprint density at radius 2 is 1.05 bits per heavy atom. The number of sulfone groups is 1. The molecule has 2 aliphatic carbocycles. The Hall–Kier alpha value is -10.0. The number of aromatic amines is 4. The molecule has 16 heteroatoms. The molecule has 7 aromatic carbocycles.